The van der Waals surface area contributed by atoms with E-state index in [1.54, 1.807) is 12.4 Å². The minimum absolute atomic E-state index is 0.855. The van der Waals surface area contributed by atoms with Crippen molar-refractivity contribution in [3.63, 3.8) is 0 Å². The zero-order valence-electron chi connectivity index (χ0n) is 9.77. The van der Waals surface area contributed by atoms with Gasteiger partial charge in [0.05, 0.1) is 17.6 Å². The van der Waals surface area contributed by atoms with Crippen LogP contribution in [0, 0.1) is 6.92 Å². The van der Waals surface area contributed by atoms with Crippen LogP contribution in [0.5, 0.6) is 0 Å². The summed E-state index contributed by atoms with van der Waals surface area (Å²) in [6.45, 7) is 3.92. The van der Waals surface area contributed by atoms with Gasteiger partial charge in [0.1, 0.15) is 5.84 Å². The summed E-state index contributed by atoms with van der Waals surface area (Å²) in [5.74, 6) is 1.08. The molecular weight excluding hydrogens is 212 g/mol. The molecule has 0 unspecified atom stereocenters. The molecule has 17 heavy (non-hydrogen) atoms. The summed E-state index contributed by atoms with van der Waals surface area (Å²) >= 11 is 0. The molecule has 86 valence electrons. The lowest BCUT2D eigenvalue weighted by molar-refractivity contribution is 0.953. The molecule has 4 nitrogen and oxygen atoms in total. The highest BCUT2D eigenvalue weighted by atomic mass is 15.1. The lowest BCUT2D eigenvalue weighted by atomic mass is 10.1. The largest absolute Gasteiger partial charge is 0.372 e. The second kappa shape index (κ2) is 4.13. The zero-order chi connectivity index (χ0) is 11.7. The Morgan fingerprint density at radius 3 is 2.94 bits per heavy atom. The predicted molar refractivity (Wildman–Crippen MR) is 68.3 cm³/mol. The van der Waals surface area contributed by atoms with Crippen LogP contribution in [0.2, 0.25) is 0 Å². The van der Waals surface area contributed by atoms with Crippen LogP contribution in [0.1, 0.15) is 11.1 Å². The van der Waals surface area contributed by atoms with Crippen LogP contribution in [-0.2, 0) is 6.42 Å². The molecule has 1 aromatic heterocycles. The van der Waals surface area contributed by atoms with E-state index in [0.29, 0.717) is 0 Å². The van der Waals surface area contributed by atoms with E-state index in [1.807, 2.05) is 0 Å². The van der Waals surface area contributed by atoms with Crippen molar-refractivity contribution in [2.24, 2.45) is 4.99 Å². The quantitative estimate of drug-likeness (QED) is 0.844. The van der Waals surface area contributed by atoms with Gasteiger partial charge in [-0.3, -0.25) is 15.0 Å². The van der Waals surface area contributed by atoms with Gasteiger partial charge in [0.25, 0.3) is 0 Å². The number of amidine groups is 1. The molecular formula is C13H14N4. The Kier molecular flexibility index (Phi) is 2.48. The van der Waals surface area contributed by atoms with Gasteiger partial charge in [-0.15, -0.1) is 0 Å². The van der Waals surface area contributed by atoms with Crippen LogP contribution >= 0.6 is 0 Å². The van der Waals surface area contributed by atoms with Crippen LogP contribution in [0.3, 0.4) is 0 Å². The van der Waals surface area contributed by atoms with Crippen molar-refractivity contribution in [3.8, 4) is 0 Å². The van der Waals surface area contributed by atoms with Gasteiger partial charge >= 0.3 is 0 Å². The first-order valence-corrected chi connectivity index (χ1v) is 5.80. The van der Waals surface area contributed by atoms with Gasteiger partial charge in [0.2, 0.25) is 0 Å². The number of fused-ring (bicyclic) bond motifs is 1. The Morgan fingerprint density at radius 2 is 2.12 bits per heavy atom. The third-order valence-corrected chi connectivity index (χ3v) is 2.94. The standard InChI is InChI=1S/C13H14N4/c1-9-6-10(8-12-15-3-4-16-12)7-11-13(9)17-5-2-14-11/h2,5-7H,3-4,8H2,1H3,(H,15,16). The Morgan fingerprint density at radius 1 is 1.24 bits per heavy atom. The normalized spacial score (nSPS) is 14.8. The van der Waals surface area contributed by atoms with Crippen molar-refractivity contribution in [2.75, 3.05) is 13.1 Å². The van der Waals surface area contributed by atoms with Gasteiger partial charge in [0, 0.05) is 25.4 Å². The minimum atomic E-state index is 0.855. The van der Waals surface area contributed by atoms with E-state index in [1.165, 1.54) is 11.1 Å². The van der Waals surface area contributed by atoms with Crippen LogP contribution < -0.4 is 5.32 Å². The van der Waals surface area contributed by atoms with Crippen molar-refractivity contribution in [1.29, 1.82) is 0 Å². The molecule has 2 aromatic rings. The van der Waals surface area contributed by atoms with E-state index in [-0.39, 0.29) is 0 Å². The van der Waals surface area contributed by atoms with E-state index in [4.69, 9.17) is 0 Å². The monoisotopic (exact) mass is 226 g/mol. The SMILES string of the molecule is Cc1cc(CC2=NCCN2)cc2nccnc12. The van der Waals surface area contributed by atoms with Gasteiger partial charge in [-0.1, -0.05) is 6.07 Å². The number of benzene rings is 1. The number of aryl methyl sites for hydroxylation is 1. The lowest BCUT2D eigenvalue weighted by Gasteiger charge is -2.06. The highest BCUT2D eigenvalue weighted by Crippen LogP contribution is 2.17. The fourth-order valence-corrected chi connectivity index (χ4v) is 2.18. The Balaban J connectivity index is 2.00. The van der Waals surface area contributed by atoms with Crippen LogP contribution in [-0.4, -0.2) is 28.9 Å². The van der Waals surface area contributed by atoms with Crippen LogP contribution in [0.15, 0.2) is 29.5 Å². The van der Waals surface area contributed by atoms with Gasteiger partial charge in [0.15, 0.2) is 0 Å². The van der Waals surface area contributed by atoms with Crippen molar-refractivity contribution in [2.45, 2.75) is 13.3 Å². The molecule has 1 aliphatic rings. The summed E-state index contributed by atoms with van der Waals surface area (Å²) in [5.41, 5.74) is 4.35. The molecule has 1 aliphatic heterocycles. The number of nitrogens with zero attached hydrogens (tertiary/aromatic N) is 3. The molecule has 0 bridgehead atoms. The van der Waals surface area contributed by atoms with Crippen molar-refractivity contribution in [3.05, 3.63) is 35.7 Å². The summed E-state index contributed by atoms with van der Waals surface area (Å²) < 4.78 is 0. The molecule has 3 rings (SSSR count). The van der Waals surface area contributed by atoms with Crippen LogP contribution in [0.25, 0.3) is 11.0 Å². The van der Waals surface area contributed by atoms with Gasteiger partial charge in [-0.2, -0.15) is 0 Å². The van der Waals surface area contributed by atoms with Crippen molar-refractivity contribution >= 4 is 16.9 Å². The smallest absolute Gasteiger partial charge is 0.101 e. The molecule has 0 saturated heterocycles. The maximum atomic E-state index is 4.41. The maximum absolute atomic E-state index is 4.41. The number of aromatic nitrogens is 2. The van der Waals surface area contributed by atoms with E-state index >= 15 is 0 Å². The third kappa shape index (κ3) is 1.98. The number of rotatable bonds is 2. The molecule has 0 radical (unpaired) electrons. The molecule has 1 aromatic carbocycles. The first kappa shape index (κ1) is 10.2. The van der Waals surface area contributed by atoms with E-state index in [2.05, 4.69) is 39.3 Å². The van der Waals surface area contributed by atoms with E-state index < -0.39 is 0 Å². The average Bonchev–Trinajstić information content (AvgIpc) is 2.82. The number of hydrogen-bond donors (Lipinski definition) is 1. The average molecular weight is 226 g/mol. The number of aliphatic imine (C=N–C) groups is 1. The number of nitrogens with one attached hydrogen (secondary N) is 1. The summed E-state index contributed by atoms with van der Waals surface area (Å²) in [6.07, 6.45) is 4.32. The first-order valence-electron chi connectivity index (χ1n) is 5.80. The second-order valence-corrected chi connectivity index (χ2v) is 4.27. The molecule has 0 saturated carbocycles. The lowest BCUT2D eigenvalue weighted by Crippen LogP contribution is -2.20. The Labute approximate surface area is 99.8 Å². The molecule has 2 heterocycles. The van der Waals surface area contributed by atoms with Gasteiger partial charge < -0.3 is 5.32 Å². The molecule has 0 spiro atoms. The Hall–Kier alpha value is -1.97. The fourth-order valence-electron chi connectivity index (χ4n) is 2.18. The summed E-state index contributed by atoms with van der Waals surface area (Å²) in [4.78, 5) is 13.1. The van der Waals surface area contributed by atoms with E-state index in [9.17, 15) is 0 Å². The summed E-state index contributed by atoms with van der Waals surface area (Å²) in [6, 6.07) is 4.26. The van der Waals surface area contributed by atoms with Crippen molar-refractivity contribution in [1.82, 2.24) is 15.3 Å². The summed E-state index contributed by atoms with van der Waals surface area (Å²) in [5, 5.41) is 3.29. The predicted octanol–water partition coefficient (Wildman–Crippen LogP) is 1.48. The van der Waals surface area contributed by atoms with Crippen molar-refractivity contribution < 1.29 is 0 Å². The molecule has 0 aliphatic carbocycles. The number of hydrogen-bond acceptors (Lipinski definition) is 4. The van der Waals surface area contributed by atoms with Gasteiger partial charge in [-0.05, 0) is 24.1 Å². The molecule has 4 heteroatoms. The summed E-state index contributed by atoms with van der Waals surface area (Å²) in [7, 11) is 0. The topological polar surface area (TPSA) is 50.2 Å². The minimum Gasteiger partial charge on any atom is -0.372 e. The maximum Gasteiger partial charge on any atom is 0.101 e. The Bertz CT molecular complexity index is 589. The van der Waals surface area contributed by atoms with Gasteiger partial charge in [-0.25, -0.2) is 0 Å². The highest BCUT2D eigenvalue weighted by molar-refractivity contribution is 5.87. The molecule has 1 N–H and O–H groups in total. The molecule has 0 fully saturated rings. The third-order valence-electron chi connectivity index (χ3n) is 2.94. The highest BCUT2D eigenvalue weighted by Gasteiger charge is 2.08. The zero-order valence-corrected chi connectivity index (χ0v) is 9.77. The molecule has 0 amide bonds. The first-order chi connectivity index (χ1) is 8.33. The van der Waals surface area contributed by atoms with Crippen LogP contribution in [0.4, 0.5) is 0 Å². The molecule has 0 atom stereocenters. The fraction of sp³-hybridized carbons (Fsp3) is 0.308. The van der Waals surface area contributed by atoms with E-state index in [0.717, 1.165) is 36.4 Å². The second-order valence-electron chi connectivity index (χ2n) is 4.27.